The maximum absolute atomic E-state index is 2.42. The second kappa shape index (κ2) is 18.0. The molecule has 1 heteroatoms. The summed E-state index contributed by atoms with van der Waals surface area (Å²) in [5.74, 6) is 2.12. The zero-order valence-corrected chi connectivity index (χ0v) is 16.4. The highest BCUT2D eigenvalue weighted by Gasteiger charge is 2.13. The van der Waals surface area contributed by atoms with E-state index < -0.39 is 0 Å². The van der Waals surface area contributed by atoms with Crippen LogP contribution in [0.5, 0.6) is 0 Å². The number of nitrogens with zero attached hydrogens (tertiary/aromatic N) is 1. The molecule has 0 unspecified atom stereocenters. The van der Waals surface area contributed by atoms with Crippen molar-refractivity contribution in [3.63, 3.8) is 0 Å². The van der Waals surface area contributed by atoms with Gasteiger partial charge in [0.2, 0.25) is 0 Å². The summed E-state index contributed by atoms with van der Waals surface area (Å²) >= 11 is 0. The molecule has 2 rings (SSSR count). The Labute approximate surface area is 136 Å². The van der Waals surface area contributed by atoms with Gasteiger partial charge in [-0.1, -0.05) is 86.5 Å². The smallest absolute Gasteiger partial charge is 0.00191 e. The van der Waals surface area contributed by atoms with Crippen LogP contribution in [0.3, 0.4) is 0 Å². The minimum absolute atomic E-state index is 1.03. The van der Waals surface area contributed by atoms with Crippen LogP contribution in [0, 0.1) is 11.8 Å². The first-order chi connectivity index (χ1) is 10.3. The highest BCUT2D eigenvalue weighted by atomic mass is 15.1. The average Bonchev–Trinajstić information content (AvgIpc) is 2.60. The molecule has 0 aromatic carbocycles. The van der Waals surface area contributed by atoms with Crippen LogP contribution < -0.4 is 0 Å². The SMILES string of the molecule is CC.CC.CCC1CCCCC1.CCC1CCN(C)CC1. The molecule has 21 heavy (non-hydrogen) atoms. The average molecular weight is 300 g/mol. The quantitative estimate of drug-likeness (QED) is 0.544. The van der Waals surface area contributed by atoms with Gasteiger partial charge in [-0.3, -0.25) is 0 Å². The van der Waals surface area contributed by atoms with Crippen molar-refractivity contribution in [3.05, 3.63) is 0 Å². The van der Waals surface area contributed by atoms with E-state index in [1.54, 1.807) is 0 Å². The summed E-state index contributed by atoms with van der Waals surface area (Å²) in [6.45, 7) is 15.3. The van der Waals surface area contributed by atoms with Gasteiger partial charge in [0.25, 0.3) is 0 Å². The van der Waals surface area contributed by atoms with Crippen molar-refractivity contribution in [1.82, 2.24) is 4.90 Å². The molecule has 0 N–H and O–H groups in total. The molecule has 0 bridgehead atoms. The van der Waals surface area contributed by atoms with Crippen molar-refractivity contribution in [1.29, 1.82) is 0 Å². The predicted octanol–water partition coefficient (Wildman–Crippen LogP) is 6.77. The van der Waals surface area contributed by atoms with Crippen molar-refractivity contribution in [2.45, 2.75) is 99.3 Å². The number of hydrogen-bond donors (Lipinski definition) is 0. The number of rotatable bonds is 2. The zero-order valence-electron chi connectivity index (χ0n) is 16.4. The van der Waals surface area contributed by atoms with Crippen molar-refractivity contribution in [2.75, 3.05) is 20.1 Å². The molecule has 1 saturated heterocycles. The van der Waals surface area contributed by atoms with Gasteiger partial charge in [0.05, 0.1) is 0 Å². The highest BCUT2D eigenvalue weighted by Crippen LogP contribution is 2.25. The fourth-order valence-corrected chi connectivity index (χ4v) is 3.07. The molecular formula is C20H45N. The van der Waals surface area contributed by atoms with Gasteiger partial charge in [0.15, 0.2) is 0 Å². The fraction of sp³-hybridized carbons (Fsp3) is 1.00. The lowest BCUT2D eigenvalue weighted by atomic mass is 9.88. The van der Waals surface area contributed by atoms with Crippen molar-refractivity contribution >= 4 is 0 Å². The third-order valence-electron chi connectivity index (χ3n) is 4.72. The first-order valence-electron chi connectivity index (χ1n) is 9.94. The first-order valence-corrected chi connectivity index (χ1v) is 9.94. The van der Waals surface area contributed by atoms with Crippen molar-refractivity contribution in [2.24, 2.45) is 11.8 Å². The lowest BCUT2D eigenvalue weighted by Crippen LogP contribution is -2.29. The molecule has 1 saturated carbocycles. The topological polar surface area (TPSA) is 3.24 Å². The van der Waals surface area contributed by atoms with Crippen LogP contribution in [0.15, 0.2) is 0 Å². The monoisotopic (exact) mass is 299 g/mol. The summed E-state index contributed by atoms with van der Waals surface area (Å²) in [4.78, 5) is 2.42. The zero-order chi connectivity index (χ0) is 16.5. The standard InChI is InChI=1S/C8H17N.C8H16.2C2H6/c1-3-8-4-6-9(2)7-5-8;1-2-8-6-4-3-5-7-8;2*1-2/h8H,3-7H2,1-2H3;8H,2-7H2,1H3;2*1-2H3. The van der Waals surface area contributed by atoms with Gasteiger partial charge < -0.3 is 4.90 Å². The Hall–Kier alpha value is -0.0400. The van der Waals surface area contributed by atoms with E-state index in [-0.39, 0.29) is 0 Å². The largest absolute Gasteiger partial charge is 0.306 e. The molecule has 0 spiro atoms. The van der Waals surface area contributed by atoms with Crippen LogP contribution in [0.2, 0.25) is 0 Å². The predicted molar refractivity (Wildman–Crippen MR) is 100 cm³/mol. The van der Waals surface area contributed by atoms with E-state index in [1.165, 1.54) is 70.9 Å². The molecule has 130 valence electrons. The Morgan fingerprint density at radius 3 is 1.38 bits per heavy atom. The van der Waals surface area contributed by atoms with Gasteiger partial charge >= 0.3 is 0 Å². The molecular weight excluding hydrogens is 254 g/mol. The van der Waals surface area contributed by atoms with Gasteiger partial charge in [-0.15, -0.1) is 0 Å². The summed E-state index contributed by atoms with van der Waals surface area (Å²) in [5.41, 5.74) is 0. The maximum atomic E-state index is 2.42. The van der Waals surface area contributed by atoms with Gasteiger partial charge in [-0.25, -0.2) is 0 Å². The Morgan fingerprint density at radius 2 is 1.05 bits per heavy atom. The first kappa shape index (κ1) is 23.2. The maximum Gasteiger partial charge on any atom is -0.00191 e. The molecule has 0 aromatic rings. The number of piperidine rings is 1. The van der Waals surface area contributed by atoms with Gasteiger partial charge in [-0.2, -0.15) is 0 Å². The van der Waals surface area contributed by atoms with Crippen LogP contribution in [0.1, 0.15) is 99.3 Å². The molecule has 2 fully saturated rings. The van der Waals surface area contributed by atoms with Crippen molar-refractivity contribution in [3.8, 4) is 0 Å². The van der Waals surface area contributed by atoms with E-state index in [0.717, 1.165) is 11.8 Å². The normalized spacial score (nSPS) is 20.1. The lowest BCUT2D eigenvalue weighted by Gasteiger charge is -2.27. The third kappa shape index (κ3) is 13.4. The van der Waals surface area contributed by atoms with E-state index in [9.17, 15) is 0 Å². The van der Waals surface area contributed by atoms with E-state index in [4.69, 9.17) is 0 Å². The van der Waals surface area contributed by atoms with Crippen LogP contribution in [0.4, 0.5) is 0 Å². The van der Waals surface area contributed by atoms with Gasteiger partial charge in [-0.05, 0) is 44.8 Å². The molecule has 0 aromatic heterocycles. The number of hydrogen-bond acceptors (Lipinski definition) is 1. The number of likely N-dealkylation sites (tertiary alicyclic amines) is 1. The second-order valence-electron chi connectivity index (χ2n) is 6.07. The summed E-state index contributed by atoms with van der Waals surface area (Å²) in [6, 6.07) is 0. The molecule has 0 radical (unpaired) electrons. The summed E-state index contributed by atoms with van der Waals surface area (Å²) < 4.78 is 0. The molecule has 0 amide bonds. The van der Waals surface area contributed by atoms with E-state index in [2.05, 4.69) is 25.8 Å². The Balaban J connectivity index is 0. The minimum atomic E-state index is 1.03. The second-order valence-corrected chi connectivity index (χ2v) is 6.07. The third-order valence-corrected chi connectivity index (χ3v) is 4.72. The summed E-state index contributed by atoms with van der Waals surface area (Å²) in [6.07, 6.45) is 13.2. The van der Waals surface area contributed by atoms with Crippen molar-refractivity contribution < 1.29 is 0 Å². The molecule has 2 aliphatic rings. The molecule has 1 aliphatic carbocycles. The molecule has 0 atom stereocenters. The van der Waals surface area contributed by atoms with E-state index >= 15 is 0 Å². The van der Waals surface area contributed by atoms with Crippen LogP contribution in [0.25, 0.3) is 0 Å². The Morgan fingerprint density at radius 1 is 0.667 bits per heavy atom. The van der Waals surface area contributed by atoms with Gasteiger partial charge in [0.1, 0.15) is 0 Å². The Kier molecular flexibility index (Phi) is 19.9. The van der Waals surface area contributed by atoms with Crippen LogP contribution in [-0.2, 0) is 0 Å². The fourth-order valence-electron chi connectivity index (χ4n) is 3.07. The van der Waals surface area contributed by atoms with E-state index in [1.807, 2.05) is 27.7 Å². The Bertz CT molecular complexity index is 165. The highest BCUT2D eigenvalue weighted by molar-refractivity contribution is 4.68. The van der Waals surface area contributed by atoms with E-state index in [0.29, 0.717) is 0 Å². The molecule has 1 heterocycles. The van der Waals surface area contributed by atoms with Crippen LogP contribution >= 0.6 is 0 Å². The van der Waals surface area contributed by atoms with Crippen LogP contribution in [-0.4, -0.2) is 25.0 Å². The summed E-state index contributed by atoms with van der Waals surface area (Å²) in [7, 11) is 2.21. The minimum Gasteiger partial charge on any atom is -0.306 e. The lowest BCUT2D eigenvalue weighted by molar-refractivity contribution is 0.216. The molecule has 1 aliphatic heterocycles. The van der Waals surface area contributed by atoms with Gasteiger partial charge in [0, 0.05) is 0 Å². The summed E-state index contributed by atoms with van der Waals surface area (Å²) in [5, 5.41) is 0. The molecule has 1 nitrogen and oxygen atoms in total.